The molecule has 1 N–H and O–H groups in total. The molecule has 0 bridgehead atoms. The summed E-state index contributed by atoms with van der Waals surface area (Å²) < 4.78 is 5.25. The molecular weight excluding hydrogens is 202 g/mol. The van der Waals surface area contributed by atoms with Crippen molar-refractivity contribution in [2.24, 2.45) is 0 Å². The molecule has 0 saturated heterocycles. The summed E-state index contributed by atoms with van der Waals surface area (Å²) in [6.07, 6.45) is 3.15. The third-order valence-corrected chi connectivity index (χ3v) is 2.80. The molecule has 3 nitrogen and oxygen atoms in total. The molecule has 2 rings (SSSR count). The van der Waals surface area contributed by atoms with Gasteiger partial charge >= 0.3 is 0 Å². The maximum atomic E-state index is 5.25. The number of nitrogens with zero attached hydrogens (tertiary/aromatic N) is 1. The fourth-order valence-electron chi connectivity index (χ4n) is 1.84. The smallest absolute Gasteiger partial charge is 0.119 e. The third kappa shape index (κ3) is 2.19. The SMILES string of the molecule is COc1ccc2[nH]cc(C[14CH2]N(C)C)c2c1. The predicted molar refractivity (Wildman–Crippen MR) is 67.1 cm³/mol. The second-order valence-corrected chi connectivity index (χ2v) is 4.28. The lowest BCUT2D eigenvalue weighted by Gasteiger charge is -2.08. The molecule has 16 heavy (non-hydrogen) atoms. The number of fused-ring (bicyclic) bond motifs is 1. The zero-order valence-electron chi connectivity index (χ0n) is 10.1. The number of H-pyrrole nitrogens is 1. The summed E-state index contributed by atoms with van der Waals surface area (Å²) in [4.78, 5) is 5.48. The van der Waals surface area contributed by atoms with Gasteiger partial charge in [-0.15, -0.1) is 0 Å². The first-order valence-electron chi connectivity index (χ1n) is 5.49. The molecule has 0 spiro atoms. The Morgan fingerprint density at radius 2 is 2.19 bits per heavy atom. The fraction of sp³-hybridized carbons (Fsp3) is 0.385. The summed E-state index contributed by atoms with van der Waals surface area (Å²) in [6.45, 7) is 1.06. The van der Waals surface area contributed by atoms with Crippen LogP contribution in [0.5, 0.6) is 5.75 Å². The third-order valence-electron chi connectivity index (χ3n) is 2.80. The molecule has 0 amide bonds. The molecule has 0 radical (unpaired) electrons. The molecule has 0 atom stereocenters. The minimum atomic E-state index is 0.915. The normalized spacial score (nSPS) is 11.2. The van der Waals surface area contributed by atoms with Crippen molar-refractivity contribution in [1.82, 2.24) is 9.88 Å². The average molecular weight is 220 g/mol. The molecule has 86 valence electrons. The van der Waals surface area contributed by atoms with Gasteiger partial charge in [0.25, 0.3) is 0 Å². The molecule has 0 fully saturated rings. The summed E-state index contributed by atoms with van der Waals surface area (Å²) in [6, 6.07) is 6.14. The van der Waals surface area contributed by atoms with Crippen LogP contribution in [0.4, 0.5) is 0 Å². The Hall–Kier alpha value is -1.48. The lowest BCUT2D eigenvalue weighted by atomic mass is 10.1. The largest absolute Gasteiger partial charge is 0.497 e. The Bertz CT molecular complexity index is 474. The molecule has 2 aromatic rings. The van der Waals surface area contributed by atoms with E-state index in [1.165, 1.54) is 16.5 Å². The van der Waals surface area contributed by atoms with Gasteiger partial charge in [0.1, 0.15) is 5.75 Å². The second-order valence-electron chi connectivity index (χ2n) is 4.28. The van der Waals surface area contributed by atoms with Crippen LogP contribution >= 0.6 is 0 Å². The van der Waals surface area contributed by atoms with Crippen LogP contribution in [0.2, 0.25) is 0 Å². The number of benzene rings is 1. The summed E-state index contributed by atoms with van der Waals surface area (Å²) in [5.41, 5.74) is 2.53. The molecule has 0 aliphatic heterocycles. The first-order chi connectivity index (χ1) is 7.70. The van der Waals surface area contributed by atoms with Crippen LogP contribution in [0.25, 0.3) is 10.9 Å². The zero-order chi connectivity index (χ0) is 11.5. The topological polar surface area (TPSA) is 28.3 Å². The number of hydrogen-bond acceptors (Lipinski definition) is 2. The van der Waals surface area contributed by atoms with E-state index in [1.54, 1.807) is 7.11 Å². The highest BCUT2D eigenvalue weighted by Crippen LogP contribution is 2.23. The van der Waals surface area contributed by atoms with Gasteiger partial charge in [0, 0.05) is 23.6 Å². The van der Waals surface area contributed by atoms with Gasteiger partial charge in [0.2, 0.25) is 0 Å². The number of rotatable bonds is 4. The molecule has 3 heteroatoms. The Balaban J connectivity index is 2.30. The molecule has 0 aliphatic rings. The maximum Gasteiger partial charge on any atom is 0.119 e. The van der Waals surface area contributed by atoms with Crippen LogP contribution in [0, 0.1) is 0 Å². The zero-order valence-corrected chi connectivity index (χ0v) is 10.1. The van der Waals surface area contributed by atoms with E-state index in [0.717, 1.165) is 18.7 Å². The van der Waals surface area contributed by atoms with Crippen LogP contribution in [-0.2, 0) is 6.42 Å². The number of hydrogen-bond donors (Lipinski definition) is 1. The Morgan fingerprint density at radius 3 is 2.88 bits per heavy atom. The van der Waals surface area contributed by atoms with E-state index < -0.39 is 0 Å². The van der Waals surface area contributed by atoms with Gasteiger partial charge in [-0.1, -0.05) is 0 Å². The van der Waals surface area contributed by atoms with Crippen LogP contribution in [0.1, 0.15) is 5.56 Å². The van der Waals surface area contributed by atoms with Gasteiger partial charge in [0.15, 0.2) is 0 Å². The summed E-state index contributed by atoms with van der Waals surface area (Å²) in [5, 5.41) is 1.27. The lowest BCUT2D eigenvalue weighted by Crippen LogP contribution is -2.14. The highest BCUT2D eigenvalue weighted by molar-refractivity contribution is 5.84. The maximum absolute atomic E-state index is 5.25. The first kappa shape index (κ1) is 11.0. The number of ether oxygens (including phenoxy) is 1. The molecule has 1 aromatic carbocycles. The van der Waals surface area contributed by atoms with Gasteiger partial charge in [-0.3, -0.25) is 0 Å². The Morgan fingerprint density at radius 1 is 1.38 bits per heavy atom. The van der Waals surface area contributed by atoms with Crippen molar-refractivity contribution in [3.05, 3.63) is 30.0 Å². The quantitative estimate of drug-likeness (QED) is 0.856. The minimum Gasteiger partial charge on any atom is -0.497 e. The number of aromatic nitrogens is 1. The highest BCUT2D eigenvalue weighted by atomic mass is 16.5. The predicted octanol–water partition coefficient (Wildman–Crippen LogP) is 2.28. The molecule has 1 heterocycles. The first-order valence-corrected chi connectivity index (χ1v) is 5.49. The highest BCUT2D eigenvalue weighted by Gasteiger charge is 2.05. The number of likely N-dealkylation sites (N-methyl/N-ethyl adjacent to an activating group) is 1. The number of methoxy groups -OCH3 is 1. The fourth-order valence-corrected chi connectivity index (χ4v) is 1.84. The molecular formula is C13H18N2O. The van der Waals surface area contributed by atoms with Crippen molar-refractivity contribution >= 4 is 10.9 Å². The van der Waals surface area contributed by atoms with Crippen molar-refractivity contribution < 1.29 is 4.74 Å². The van der Waals surface area contributed by atoms with Crippen LogP contribution in [-0.4, -0.2) is 37.6 Å². The van der Waals surface area contributed by atoms with Crippen molar-refractivity contribution in [1.29, 1.82) is 0 Å². The van der Waals surface area contributed by atoms with Crippen molar-refractivity contribution in [2.75, 3.05) is 27.7 Å². The van der Waals surface area contributed by atoms with Gasteiger partial charge in [-0.05, 0) is 44.3 Å². The van der Waals surface area contributed by atoms with Crippen molar-refractivity contribution in [3.63, 3.8) is 0 Å². The van der Waals surface area contributed by atoms with Gasteiger partial charge < -0.3 is 14.6 Å². The van der Waals surface area contributed by atoms with Crippen LogP contribution in [0.3, 0.4) is 0 Å². The van der Waals surface area contributed by atoms with Crippen LogP contribution in [0.15, 0.2) is 24.4 Å². The average Bonchev–Trinajstić information content (AvgIpc) is 2.68. The summed E-state index contributed by atoms with van der Waals surface area (Å²) >= 11 is 0. The van der Waals surface area contributed by atoms with E-state index in [-0.39, 0.29) is 0 Å². The van der Waals surface area contributed by atoms with E-state index in [1.807, 2.05) is 6.07 Å². The van der Waals surface area contributed by atoms with E-state index in [2.05, 4.69) is 42.3 Å². The van der Waals surface area contributed by atoms with E-state index in [0.29, 0.717) is 0 Å². The number of aromatic amines is 1. The standard InChI is InChI=1S/C13H18N2O/c1-15(2)7-6-10-9-14-13-5-4-11(16-3)8-12(10)13/h4-5,8-9,14H,6-7H2,1-3H3/i7+2. The minimum absolute atomic E-state index is 0.915. The second kappa shape index (κ2) is 4.58. The lowest BCUT2D eigenvalue weighted by molar-refractivity contribution is 0.413. The summed E-state index contributed by atoms with van der Waals surface area (Å²) in [5.74, 6) is 0.915. The van der Waals surface area contributed by atoms with Crippen molar-refractivity contribution in [2.45, 2.75) is 6.42 Å². The Labute approximate surface area is 96.0 Å². The van der Waals surface area contributed by atoms with Gasteiger partial charge in [-0.2, -0.15) is 0 Å². The van der Waals surface area contributed by atoms with Gasteiger partial charge in [-0.25, -0.2) is 0 Å². The Kier molecular flexibility index (Phi) is 3.15. The van der Waals surface area contributed by atoms with E-state index in [4.69, 9.17) is 4.74 Å². The van der Waals surface area contributed by atoms with Crippen LogP contribution < -0.4 is 4.74 Å². The van der Waals surface area contributed by atoms with E-state index in [9.17, 15) is 0 Å². The molecule has 0 saturated carbocycles. The summed E-state index contributed by atoms with van der Waals surface area (Å²) in [7, 11) is 5.89. The van der Waals surface area contributed by atoms with Crippen molar-refractivity contribution in [3.8, 4) is 5.75 Å². The van der Waals surface area contributed by atoms with E-state index >= 15 is 0 Å². The van der Waals surface area contributed by atoms with Gasteiger partial charge in [0.05, 0.1) is 7.11 Å². The molecule has 0 unspecified atom stereocenters. The molecule has 1 aromatic heterocycles. The molecule has 0 aliphatic carbocycles. The number of nitrogens with one attached hydrogen (secondary N) is 1. The monoisotopic (exact) mass is 220 g/mol.